The predicted octanol–water partition coefficient (Wildman–Crippen LogP) is 3.15. The Balaban J connectivity index is 1.86. The molecule has 3 rings (SSSR count). The van der Waals surface area contributed by atoms with Gasteiger partial charge in [0.25, 0.3) is 10.0 Å². The maximum absolute atomic E-state index is 13.2. The molecule has 0 atom stereocenters. The number of sulfonamides is 1. The average molecular weight is 397 g/mol. The van der Waals surface area contributed by atoms with Gasteiger partial charge in [-0.1, -0.05) is 11.6 Å². The number of anilines is 1. The molecule has 1 aliphatic rings. The lowest BCUT2D eigenvalue weighted by atomic mass is 10.0. The summed E-state index contributed by atoms with van der Waals surface area (Å²) in [7, 11) is -3.64. The van der Waals surface area contributed by atoms with Gasteiger partial charge in [-0.25, -0.2) is 13.4 Å². The molecule has 0 aliphatic carbocycles. The molecule has 0 amide bonds. The second kappa shape index (κ2) is 6.87. The van der Waals surface area contributed by atoms with Gasteiger partial charge in [0.15, 0.2) is 5.03 Å². The van der Waals surface area contributed by atoms with Crippen LogP contribution < -0.4 is 4.90 Å². The van der Waals surface area contributed by atoms with Crippen LogP contribution in [0, 0.1) is 6.92 Å². The lowest BCUT2D eigenvalue weighted by molar-refractivity contribution is 0.204. The third-order valence-corrected chi connectivity index (χ3v) is 7.10. The monoisotopic (exact) mass is 396 g/mol. The van der Waals surface area contributed by atoms with Crippen molar-refractivity contribution in [2.24, 2.45) is 0 Å². The average Bonchev–Trinajstić information content (AvgIpc) is 2.96. The highest BCUT2D eigenvalue weighted by molar-refractivity contribution is 7.89. The van der Waals surface area contributed by atoms with Gasteiger partial charge in [0, 0.05) is 48.6 Å². The first-order chi connectivity index (χ1) is 12.1. The maximum atomic E-state index is 13.2. The number of aryl methyl sites for hydroxylation is 2. The molecule has 2 heterocycles. The fourth-order valence-corrected chi connectivity index (χ4v) is 5.38. The molecule has 0 N–H and O–H groups in total. The SMILES string of the molecule is CCn1cc(S(=O)(=O)N2CCN(c3ccc(Cl)cc3)CC2(C)C)nc1C. The van der Waals surface area contributed by atoms with E-state index in [2.05, 4.69) is 9.88 Å². The molecule has 8 heteroatoms. The molecular weight excluding hydrogens is 372 g/mol. The number of benzene rings is 1. The second-order valence-electron chi connectivity index (χ2n) is 7.20. The molecule has 2 aromatic rings. The van der Waals surface area contributed by atoms with Crippen molar-refractivity contribution in [1.29, 1.82) is 0 Å². The first-order valence-electron chi connectivity index (χ1n) is 8.72. The molecular formula is C18H25ClN4O2S. The number of hydrogen-bond acceptors (Lipinski definition) is 4. The van der Waals surface area contributed by atoms with Crippen molar-refractivity contribution >= 4 is 27.3 Å². The zero-order valence-corrected chi connectivity index (χ0v) is 17.2. The Labute approximate surface area is 160 Å². The van der Waals surface area contributed by atoms with Crippen LogP contribution in [0.5, 0.6) is 0 Å². The highest BCUT2D eigenvalue weighted by Gasteiger charge is 2.42. The number of hydrogen-bond donors (Lipinski definition) is 0. The summed E-state index contributed by atoms with van der Waals surface area (Å²) in [5, 5.41) is 0.820. The zero-order chi connectivity index (χ0) is 19.1. The Morgan fingerprint density at radius 3 is 2.38 bits per heavy atom. The first kappa shape index (κ1) is 19.2. The molecule has 0 saturated carbocycles. The molecule has 0 spiro atoms. The number of imidazole rings is 1. The standard InChI is InChI=1S/C18H25ClN4O2S/c1-5-21-12-17(20-14(21)2)26(24,25)23-11-10-22(13-18(23,3)4)16-8-6-15(19)7-9-16/h6-9,12H,5,10-11,13H2,1-4H3. The Morgan fingerprint density at radius 2 is 1.85 bits per heavy atom. The van der Waals surface area contributed by atoms with Crippen LogP contribution in [-0.4, -0.2) is 47.4 Å². The Morgan fingerprint density at radius 1 is 1.19 bits per heavy atom. The van der Waals surface area contributed by atoms with E-state index >= 15 is 0 Å². The van der Waals surface area contributed by atoms with Gasteiger partial charge in [-0.3, -0.25) is 0 Å². The summed E-state index contributed by atoms with van der Waals surface area (Å²) >= 11 is 5.97. The summed E-state index contributed by atoms with van der Waals surface area (Å²) in [4.78, 5) is 6.48. The van der Waals surface area contributed by atoms with E-state index in [0.717, 1.165) is 5.69 Å². The molecule has 0 unspecified atom stereocenters. The molecule has 1 saturated heterocycles. The third kappa shape index (κ3) is 3.48. The van der Waals surface area contributed by atoms with E-state index in [0.29, 0.717) is 37.0 Å². The Bertz CT molecular complexity index is 890. The Kier molecular flexibility index (Phi) is 5.07. The molecule has 1 aromatic heterocycles. The van der Waals surface area contributed by atoms with Gasteiger partial charge < -0.3 is 9.47 Å². The minimum atomic E-state index is -3.64. The van der Waals surface area contributed by atoms with Crippen LogP contribution in [0.25, 0.3) is 0 Å². The summed E-state index contributed by atoms with van der Waals surface area (Å²) in [5.41, 5.74) is 0.492. The van der Waals surface area contributed by atoms with Crippen molar-refractivity contribution in [3.63, 3.8) is 0 Å². The van der Waals surface area contributed by atoms with E-state index in [1.54, 1.807) is 10.5 Å². The molecule has 1 aliphatic heterocycles. The summed E-state index contributed by atoms with van der Waals surface area (Å²) in [6.07, 6.45) is 1.63. The fourth-order valence-electron chi connectivity index (χ4n) is 3.49. The number of aromatic nitrogens is 2. The number of halogens is 1. The minimum Gasteiger partial charge on any atom is -0.368 e. The van der Waals surface area contributed by atoms with Crippen molar-refractivity contribution in [2.45, 2.75) is 44.8 Å². The zero-order valence-electron chi connectivity index (χ0n) is 15.6. The van der Waals surface area contributed by atoms with Crippen molar-refractivity contribution in [3.8, 4) is 0 Å². The normalized spacial score (nSPS) is 18.3. The van der Waals surface area contributed by atoms with Crippen LogP contribution in [0.15, 0.2) is 35.5 Å². The molecule has 0 radical (unpaired) electrons. The molecule has 142 valence electrons. The second-order valence-corrected chi connectivity index (χ2v) is 9.45. The van der Waals surface area contributed by atoms with Crippen LogP contribution in [-0.2, 0) is 16.6 Å². The lowest BCUT2D eigenvalue weighted by Crippen LogP contribution is -2.61. The molecule has 1 aromatic carbocycles. The molecule has 6 nitrogen and oxygen atoms in total. The highest BCUT2D eigenvalue weighted by Crippen LogP contribution is 2.31. The van der Waals surface area contributed by atoms with E-state index in [1.165, 1.54) is 0 Å². The van der Waals surface area contributed by atoms with E-state index in [4.69, 9.17) is 11.6 Å². The van der Waals surface area contributed by atoms with Gasteiger partial charge in [-0.05, 0) is 52.0 Å². The third-order valence-electron chi connectivity index (χ3n) is 4.87. The smallest absolute Gasteiger partial charge is 0.262 e. The summed E-state index contributed by atoms with van der Waals surface area (Å²) in [6, 6.07) is 7.64. The van der Waals surface area contributed by atoms with Crippen molar-refractivity contribution < 1.29 is 8.42 Å². The summed E-state index contributed by atoms with van der Waals surface area (Å²) in [6.45, 7) is 10.0. The number of rotatable bonds is 4. The van der Waals surface area contributed by atoms with Gasteiger partial charge in [-0.2, -0.15) is 4.31 Å². The first-order valence-corrected chi connectivity index (χ1v) is 10.5. The molecule has 0 bridgehead atoms. The lowest BCUT2D eigenvalue weighted by Gasteiger charge is -2.46. The van der Waals surface area contributed by atoms with Gasteiger partial charge >= 0.3 is 0 Å². The number of piperazine rings is 1. The molecule has 1 fully saturated rings. The minimum absolute atomic E-state index is 0.130. The van der Waals surface area contributed by atoms with Crippen molar-refractivity contribution in [1.82, 2.24) is 13.9 Å². The summed E-state index contributed by atoms with van der Waals surface area (Å²) in [5.74, 6) is 0.712. The maximum Gasteiger partial charge on any atom is 0.262 e. The van der Waals surface area contributed by atoms with E-state index < -0.39 is 15.6 Å². The van der Waals surface area contributed by atoms with Crippen LogP contribution in [0.4, 0.5) is 5.69 Å². The van der Waals surface area contributed by atoms with Crippen LogP contribution >= 0.6 is 11.6 Å². The fraction of sp³-hybridized carbons (Fsp3) is 0.500. The highest BCUT2D eigenvalue weighted by atomic mass is 35.5. The van der Waals surface area contributed by atoms with E-state index in [-0.39, 0.29) is 5.03 Å². The van der Waals surface area contributed by atoms with Crippen LogP contribution in [0.1, 0.15) is 26.6 Å². The molecule has 26 heavy (non-hydrogen) atoms. The van der Waals surface area contributed by atoms with Crippen molar-refractivity contribution in [3.05, 3.63) is 41.3 Å². The topological polar surface area (TPSA) is 58.4 Å². The van der Waals surface area contributed by atoms with Gasteiger partial charge in [0.1, 0.15) is 5.82 Å². The van der Waals surface area contributed by atoms with Gasteiger partial charge in [0.05, 0.1) is 0 Å². The Hall–Kier alpha value is -1.57. The van der Waals surface area contributed by atoms with Crippen LogP contribution in [0.3, 0.4) is 0 Å². The largest absolute Gasteiger partial charge is 0.368 e. The van der Waals surface area contributed by atoms with Gasteiger partial charge in [-0.15, -0.1) is 0 Å². The van der Waals surface area contributed by atoms with Gasteiger partial charge in [0.2, 0.25) is 0 Å². The quantitative estimate of drug-likeness (QED) is 0.796. The predicted molar refractivity (Wildman–Crippen MR) is 104 cm³/mol. The van der Waals surface area contributed by atoms with Crippen molar-refractivity contribution in [2.75, 3.05) is 24.5 Å². The van der Waals surface area contributed by atoms with Crippen LogP contribution in [0.2, 0.25) is 5.02 Å². The van der Waals surface area contributed by atoms with E-state index in [1.807, 2.05) is 56.5 Å². The summed E-state index contributed by atoms with van der Waals surface area (Å²) < 4.78 is 29.8. The van der Waals surface area contributed by atoms with E-state index in [9.17, 15) is 8.42 Å². The number of nitrogens with zero attached hydrogens (tertiary/aromatic N) is 4.